The third-order valence-electron chi connectivity index (χ3n) is 1.34. The van der Waals surface area contributed by atoms with Crippen molar-refractivity contribution in [3.63, 3.8) is 0 Å². The molecule has 0 aromatic carbocycles. The Hall–Kier alpha value is -0.900. The zero-order chi connectivity index (χ0) is 11.6. The highest BCUT2D eigenvalue weighted by Gasteiger charge is 2.11. The molecular weight excluding hydrogens is 220 g/mol. The van der Waals surface area contributed by atoms with E-state index in [4.69, 9.17) is 9.85 Å². The number of nitrogens with zero attached hydrogens (tertiary/aromatic N) is 1. The summed E-state index contributed by atoms with van der Waals surface area (Å²) in [4.78, 5) is 14.9. The molecule has 0 unspecified atom stereocenters. The van der Waals surface area contributed by atoms with Gasteiger partial charge in [-0.3, -0.25) is 4.79 Å². The highest BCUT2D eigenvalue weighted by Crippen LogP contribution is 2.18. The first-order chi connectivity index (χ1) is 6.81. The van der Waals surface area contributed by atoms with Crippen LogP contribution in [0.25, 0.3) is 0 Å². The highest BCUT2D eigenvalue weighted by molar-refractivity contribution is 9.10. The first-order valence-electron chi connectivity index (χ1n) is 4.61. The molecule has 12 heavy (non-hydrogen) atoms. The molecule has 2 N–H and O–H groups in total. The van der Waals surface area contributed by atoms with Gasteiger partial charge in [-0.1, -0.05) is 6.85 Å². The van der Waals surface area contributed by atoms with Gasteiger partial charge in [-0.05, 0) is 34.0 Å². The molecule has 0 aliphatic rings. The van der Waals surface area contributed by atoms with Gasteiger partial charge in [-0.2, -0.15) is 0 Å². The topological polar surface area (TPSA) is 56.0 Å². The lowest BCUT2D eigenvalue weighted by Gasteiger charge is -2.03. The van der Waals surface area contributed by atoms with E-state index in [0.29, 0.717) is 0 Å². The normalized spacial score (nSPS) is 14.6. The van der Waals surface area contributed by atoms with Crippen molar-refractivity contribution < 1.29 is 8.91 Å². The van der Waals surface area contributed by atoms with E-state index in [0.717, 1.165) is 6.42 Å². The van der Waals surface area contributed by atoms with Crippen LogP contribution in [0.4, 0.5) is 0 Å². The molecule has 0 saturated carbocycles. The first-order valence-corrected chi connectivity index (χ1v) is 3.91. The van der Waals surface area contributed by atoms with Crippen molar-refractivity contribution in [3.8, 4) is 0 Å². The summed E-state index contributed by atoms with van der Waals surface area (Å²) >= 11 is 3.04. The second-order valence-electron chi connectivity index (χ2n) is 2.07. The molecular formula is C8H8BrN2O. The Morgan fingerprint density at radius 1 is 1.92 bits per heavy atom. The highest BCUT2D eigenvalue weighted by atomic mass is 79.9. The van der Waals surface area contributed by atoms with Crippen molar-refractivity contribution in [1.29, 1.82) is 0 Å². The third-order valence-corrected chi connectivity index (χ3v) is 1.94. The van der Waals surface area contributed by atoms with Gasteiger partial charge in [-0.25, -0.2) is 4.98 Å². The molecule has 1 radical (unpaired) electrons. The zero-order valence-electron chi connectivity index (χ0n) is 9.04. The molecule has 1 aromatic heterocycles. The van der Waals surface area contributed by atoms with Crippen molar-refractivity contribution >= 4 is 21.8 Å². The van der Waals surface area contributed by atoms with Gasteiger partial charge >= 0.3 is 0 Å². The molecule has 1 aromatic rings. The Bertz CT molecular complexity index is 392. The molecule has 0 aliphatic carbocycles. The predicted octanol–water partition coefficient (Wildman–Crippen LogP) is 1.52. The van der Waals surface area contributed by atoms with Crippen molar-refractivity contribution in [2.45, 2.75) is 6.85 Å². The van der Waals surface area contributed by atoms with Crippen molar-refractivity contribution in [2.75, 3.05) is 0 Å². The number of hydrogen-bond acceptors (Lipinski definition) is 2. The molecule has 4 heteroatoms. The number of nitrogens with two attached hydrogens (primary N) is 1. The fourth-order valence-electron chi connectivity index (χ4n) is 0.814. The summed E-state index contributed by atoms with van der Waals surface area (Å²) in [7, 11) is 0. The molecule has 1 rings (SSSR count). The minimum Gasteiger partial charge on any atom is -0.366 e. The Labute approximate surface area is 83.3 Å². The summed E-state index contributed by atoms with van der Waals surface area (Å²) in [5, 5.41) is 0. The number of rotatable bonds is 2. The van der Waals surface area contributed by atoms with Crippen LogP contribution in [-0.2, 0) is 0 Å². The zero-order valence-corrected chi connectivity index (χ0v) is 7.63. The molecule has 3 nitrogen and oxygen atoms in total. The van der Waals surface area contributed by atoms with Gasteiger partial charge in [0.15, 0.2) is 0 Å². The quantitative estimate of drug-likeness (QED) is 0.784. The minimum atomic E-state index is -2.26. The largest absolute Gasteiger partial charge is 0.366 e. The molecule has 0 saturated heterocycles. The van der Waals surface area contributed by atoms with Gasteiger partial charge in [0, 0.05) is 10.3 Å². The smallest absolute Gasteiger partial charge is 0.251 e. The van der Waals surface area contributed by atoms with Crippen molar-refractivity contribution in [3.05, 3.63) is 34.4 Å². The van der Waals surface area contributed by atoms with Crippen LogP contribution in [0.15, 0.2) is 16.9 Å². The maximum Gasteiger partial charge on any atom is 0.251 e. The second-order valence-corrected chi connectivity index (χ2v) is 2.83. The summed E-state index contributed by atoms with van der Waals surface area (Å²) in [6.07, 6.45) is 2.40. The SMILES string of the molecule is [2H]C([2H])([2H])[CH]c1ccnc(Br)c1C(N)=O. The molecule has 1 heterocycles. The number of carbonyl (C=O) groups excluding carboxylic acids is 1. The molecule has 0 bridgehead atoms. The average Bonchev–Trinajstić information content (AvgIpc) is 1.99. The molecule has 0 fully saturated rings. The second kappa shape index (κ2) is 3.67. The van der Waals surface area contributed by atoms with Gasteiger partial charge in [0.2, 0.25) is 0 Å². The Kier molecular flexibility index (Phi) is 1.74. The minimum absolute atomic E-state index is 0.0774. The van der Waals surface area contributed by atoms with Crippen LogP contribution in [0.3, 0.4) is 0 Å². The summed E-state index contributed by atoms with van der Waals surface area (Å²) in [5.41, 5.74) is 5.45. The first kappa shape index (κ1) is 5.70. The molecule has 1 amide bonds. The van der Waals surface area contributed by atoms with E-state index in [1.54, 1.807) is 0 Å². The molecule has 0 spiro atoms. The number of hydrogen-bond donors (Lipinski definition) is 1. The molecule has 0 aliphatic heterocycles. The lowest BCUT2D eigenvalue weighted by Crippen LogP contribution is -2.14. The Balaban J connectivity index is 3.18. The van der Waals surface area contributed by atoms with Crippen LogP contribution in [0.5, 0.6) is 0 Å². The Morgan fingerprint density at radius 3 is 3.25 bits per heavy atom. The van der Waals surface area contributed by atoms with Gasteiger partial charge in [0.25, 0.3) is 5.91 Å². The van der Waals surface area contributed by atoms with E-state index in [1.807, 2.05) is 0 Å². The number of amides is 1. The number of carbonyl (C=O) groups is 1. The van der Waals surface area contributed by atoms with E-state index in [-0.39, 0.29) is 15.7 Å². The third kappa shape index (κ3) is 1.64. The number of halogens is 1. The van der Waals surface area contributed by atoms with Gasteiger partial charge in [-0.15, -0.1) is 0 Å². The number of primary amides is 1. The van der Waals surface area contributed by atoms with Crippen LogP contribution in [0, 0.1) is 6.42 Å². The van der Waals surface area contributed by atoms with Crippen molar-refractivity contribution in [2.24, 2.45) is 5.73 Å². The van der Waals surface area contributed by atoms with Crippen LogP contribution in [0.2, 0.25) is 0 Å². The summed E-state index contributed by atoms with van der Waals surface area (Å²) in [6.45, 7) is -2.26. The number of pyridine rings is 1. The van der Waals surface area contributed by atoms with Crippen LogP contribution in [-0.4, -0.2) is 10.9 Å². The monoisotopic (exact) mass is 230 g/mol. The van der Waals surface area contributed by atoms with E-state index in [2.05, 4.69) is 20.9 Å². The summed E-state index contributed by atoms with van der Waals surface area (Å²) in [5.74, 6) is -0.717. The summed E-state index contributed by atoms with van der Waals surface area (Å²) in [6, 6.07) is 1.43. The van der Waals surface area contributed by atoms with Crippen LogP contribution < -0.4 is 5.73 Å². The molecule has 63 valence electrons. The van der Waals surface area contributed by atoms with Gasteiger partial charge in [0.1, 0.15) is 4.60 Å². The Morgan fingerprint density at radius 2 is 2.67 bits per heavy atom. The van der Waals surface area contributed by atoms with Gasteiger partial charge in [0.05, 0.1) is 5.56 Å². The molecule has 0 atom stereocenters. The number of aromatic nitrogens is 1. The fraction of sp³-hybridized carbons (Fsp3) is 0.125. The average molecular weight is 231 g/mol. The van der Waals surface area contributed by atoms with Crippen LogP contribution >= 0.6 is 15.9 Å². The lowest BCUT2D eigenvalue weighted by atomic mass is 10.1. The standard InChI is InChI=1S/C8H8BrN2O/c1-2-5-3-4-11-7(9)6(5)8(10)12/h2-4H,1H3,(H2,10,12)/i1D3. The van der Waals surface area contributed by atoms with Gasteiger partial charge < -0.3 is 5.73 Å². The maximum atomic E-state index is 11.1. The van der Waals surface area contributed by atoms with E-state index in [9.17, 15) is 4.79 Å². The van der Waals surface area contributed by atoms with Crippen molar-refractivity contribution in [1.82, 2.24) is 4.98 Å². The van der Waals surface area contributed by atoms with E-state index < -0.39 is 12.8 Å². The summed E-state index contributed by atoms with van der Waals surface area (Å²) < 4.78 is 21.4. The fourth-order valence-corrected chi connectivity index (χ4v) is 1.36. The predicted molar refractivity (Wildman–Crippen MR) is 49.5 cm³/mol. The van der Waals surface area contributed by atoms with Crippen LogP contribution in [0.1, 0.15) is 26.9 Å². The van der Waals surface area contributed by atoms with E-state index >= 15 is 0 Å². The maximum absolute atomic E-state index is 11.1. The lowest BCUT2D eigenvalue weighted by molar-refractivity contribution is 0.0998. The van der Waals surface area contributed by atoms with E-state index in [1.165, 1.54) is 12.3 Å².